The van der Waals surface area contributed by atoms with Crippen LogP contribution in [0.3, 0.4) is 0 Å². The van der Waals surface area contributed by atoms with Crippen molar-refractivity contribution in [1.82, 2.24) is 9.78 Å². The average Bonchev–Trinajstić information content (AvgIpc) is 3.00. The van der Waals surface area contributed by atoms with E-state index in [9.17, 15) is 0 Å². The highest BCUT2D eigenvalue weighted by Crippen LogP contribution is 2.33. The van der Waals surface area contributed by atoms with Crippen molar-refractivity contribution in [3.05, 3.63) is 51.7 Å². The van der Waals surface area contributed by atoms with E-state index in [0.717, 1.165) is 17.9 Å². The maximum absolute atomic E-state index is 5.82. The van der Waals surface area contributed by atoms with Crippen LogP contribution in [0, 0.1) is 0 Å². The van der Waals surface area contributed by atoms with Crippen molar-refractivity contribution in [2.75, 3.05) is 0 Å². The molecule has 1 aliphatic carbocycles. The zero-order valence-electron chi connectivity index (χ0n) is 11.6. The Morgan fingerprint density at radius 3 is 3.00 bits per heavy atom. The fourth-order valence-electron chi connectivity index (χ4n) is 2.03. The van der Waals surface area contributed by atoms with Crippen LogP contribution in [0.2, 0.25) is 0 Å². The van der Waals surface area contributed by atoms with E-state index in [1.165, 1.54) is 23.3 Å². The zero-order chi connectivity index (χ0) is 13.8. The lowest BCUT2D eigenvalue weighted by atomic mass is 10.3. The lowest BCUT2D eigenvalue weighted by molar-refractivity contribution is 0.126. The fourth-order valence-corrected chi connectivity index (χ4v) is 2.65. The summed E-state index contributed by atoms with van der Waals surface area (Å²) in [6.45, 7) is 2.64. The van der Waals surface area contributed by atoms with Gasteiger partial charge in [0.15, 0.2) is 6.73 Å². The van der Waals surface area contributed by atoms with Crippen molar-refractivity contribution in [1.29, 1.82) is 0 Å². The molecule has 1 saturated carbocycles. The third kappa shape index (κ3) is 3.39. The molecule has 2 aromatic heterocycles. The molecule has 0 amide bonds. The lowest BCUT2D eigenvalue weighted by Crippen LogP contribution is -2.03. The summed E-state index contributed by atoms with van der Waals surface area (Å²) in [6.07, 6.45) is 9.46. The van der Waals surface area contributed by atoms with Crippen LogP contribution < -0.4 is 0 Å². The molecule has 0 aromatic carbocycles. The molecular weight excluding hydrogens is 268 g/mol. The van der Waals surface area contributed by atoms with Gasteiger partial charge in [0.25, 0.3) is 0 Å². The number of hydrogen-bond acceptors (Lipinski definition) is 3. The van der Waals surface area contributed by atoms with Crippen molar-refractivity contribution in [3.8, 4) is 0 Å². The van der Waals surface area contributed by atoms with Crippen LogP contribution in [0.4, 0.5) is 0 Å². The summed E-state index contributed by atoms with van der Waals surface area (Å²) < 4.78 is 7.66. The van der Waals surface area contributed by atoms with Crippen LogP contribution in [0.25, 0.3) is 12.2 Å². The third-order valence-corrected chi connectivity index (χ3v) is 4.05. The molecule has 0 bridgehead atoms. The standard InChI is InChI=1S/C16H18N2OS/c1-2-16(13-5-6-13)19-12-18-10-9-14(17-18)7-8-15-4-3-11-20-15/h3-4,7-11H,2,5-6,12H2,1H3/b8-7+. The maximum atomic E-state index is 5.82. The number of rotatable bonds is 6. The van der Waals surface area contributed by atoms with Gasteiger partial charge < -0.3 is 4.74 Å². The van der Waals surface area contributed by atoms with E-state index in [2.05, 4.69) is 35.6 Å². The molecule has 0 N–H and O–H groups in total. The lowest BCUT2D eigenvalue weighted by Gasteiger charge is -2.08. The molecular formula is C16H18N2OS. The molecule has 20 heavy (non-hydrogen) atoms. The average molecular weight is 286 g/mol. The zero-order valence-corrected chi connectivity index (χ0v) is 12.4. The fraction of sp³-hybridized carbons (Fsp3) is 0.312. The molecule has 1 aliphatic rings. The molecule has 104 valence electrons. The summed E-state index contributed by atoms with van der Waals surface area (Å²) in [5.41, 5.74) is 2.43. The highest BCUT2D eigenvalue weighted by molar-refractivity contribution is 7.10. The molecule has 2 heterocycles. The smallest absolute Gasteiger partial charge is 0.180 e. The number of ether oxygens (including phenoxy) is 1. The number of hydrogen-bond donors (Lipinski definition) is 0. The van der Waals surface area contributed by atoms with Gasteiger partial charge >= 0.3 is 0 Å². The van der Waals surface area contributed by atoms with Crippen molar-refractivity contribution in [3.63, 3.8) is 0 Å². The molecule has 4 heteroatoms. The summed E-state index contributed by atoms with van der Waals surface area (Å²) in [7, 11) is 0. The van der Waals surface area contributed by atoms with Crippen LogP contribution in [0.1, 0.15) is 36.8 Å². The van der Waals surface area contributed by atoms with Gasteiger partial charge in [-0.2, -0.15) is 5.10 Å². The Morgan fingerprint density at radius 1 is 1.40 bits per heavy atom. The number of allylic oxidation sites excluding steroid dienone is 2. The monoisotopic (exact) mass is 286 g/mol. The van der Waals surface area contributed by atoms with Crippen LogP contribution in [0.5, 0.6) is 0 Å². The van der Waals surface area contributed by atoms with Gasteiger partial charge in [0.2, 0.25) is 0 Å². The Balaban J connectivity index is 1.58. The first-order valence-electron chi connectivity index (χ1n) is 6.94. The Labute approximate surface area is 123 Å². The largest absolute Gasteiger partial charge is 0.476 e. The van der Waals surface area contributed by atoms with E-state index < -0.39 is 0 Å². The summed E-state index contributed by atoms with van der Waals surface area (Å²) in [4.78, 5) is 1.24. The van der Waals surface area contributed by atoms with Crippen LogP contribution >= 0.6 is 11.3 Å². The first-order valence-corrected chi connectivity index (χ1v) is 7.82. The molecule has 0 radical (unpaired) electrons. The minimum atomic E-state index is 0.500. The van der Waals surface area contributed by atoms with E-state index in [1.54, 1.807) is 11.3 Å². The van der Waals surface area contributed by atoms with Crippen LogP contribution in [0.15, 0.2) is 41.1 Å². The molecule has 0 spiro atoms. The molecule has 0 unspecified atom stereocenters. The Hall–Kier alpha value is -1.81. The van der Waals surface area contributed by atoms with Gasteiger partial charge in [0.1, 0.15) is 0 Å². The minimum absolute atomic E-state index is 0.500. The summed E-state index contributed by atoms with van der Waals surface area (Å²) in [5.74, 6) is 1.15. The SMILES string of the molecule is CCC(OCn1ccc(/C=C/c2cccs2)n1)=C1CC1. The maximum Gasteiger partial charge on any atom is 0.180 e. The summed E-state index contributed by atoms with van der Waals surface area (Å²) in [6, 6.07) is 6.15. The van der Waals surface area contributed by atoms with Gasteiger partial charge in [-0.05, 0) is 48.1 Å². The Morgan fingerprint density at radius 2 is 2.30 bits per heavy atom. The molecule has 2 aromatic rings. The van der Waals surface area contributed by atoms with Gasteiger partial charge in [-0.15, -0.1) is 11.3 Å². The van der Waals surface area contributed by atoms with Crippen molar-refractivity contribution >= 4 is 23.5 Å². The van der Waals surface area contributed by atoms with E-state index in [-0.39, 0.29) is 0 Å². The normalized spacial score (nSPS) is 13.9. The Bertz CT molecular complexity index is 617. The topological polar surface area (TPSA) is 27.1 Å². The molecule has 0 atom stereocenters. The molecule has 1 fully saturated rings. The second kappa shape index (κ2) is 6.09. The molecule has 3 rings (SSSR count). The number of aromatic nitrogens is 2. The van der Waals surface area contributed by atoms with Crippen LogP contribution in [-0.4, -0.2) is 9.78 Å². The second-order valence-electron chi connectivity index (χ2n) is 4.78. The van der Waals surface area contributed by atoms with Crippen molar-refractivity contribution in [2.24, 2.45) is 0 Å². The van der Waals surface area contributed by atoms with Gasteiger partial charge in [0, 0.05) is 17.5 Å². The van der Waals surface area contributed by atoms with Gasteiger partial charge in [-0.1, -0.05) is 13.0 Å². The van der Waals surface area contributed by atoms with Gasteiger partial charge in [-0.25, -0.2) is 4.68 Å². The highest BCUT2D eigenvalue weighted by atomic mass is 32.1. The number of nitrogens with zero attached hydrogens (tertiary/aromatic N) is 2. The minimum Gasteiger partial charge on any atom is -0.476 e. The third-order valence-electron chi connectivity index (χ3n) is 3.21. The quantitative estimate of drug-likeness (QED) is 0.729. The van der Waals surface area contributed by atoms with Crippen molar-refractivity contribution < 1.29 is 4.74 Å². The predicted octanol–water partition coefficient (Wildman–Crippen LogP) is 4.55. The molecule has 0 saturated heterocycles. The van der Waals surface area contributed by atoms with E-state index >= 15 is 0 Å². The first kappa shape index (κ1) is 13.2. The van der Waals surface area contributed by atoms with Crippen LogP contribution in [-0.2, 0) is 11.5 Å². The summed E-state index contributed by atoms with van der Waals surface area (Å²) in [5, 5.41) is 6.56. The van der Waals surface area contributed by atoms with E-state index in [0.29, 0.717) is 6.73 Å². The van der Waals surface area contributed by atoms with Crippen molar-refractivity contribution in [2.45, 2.75) is 32.9 Å². The molecule has 3 nitrogen and oxygen atoms in total. The van der Waals surface area contributed by atoms with Gasteiger partial charge in [0.05, 0.1) is 11.5 Å². The molecule has 0 aliphatic heterocycles. The van der Waals surface area contributed by atoms with Gasteiger partial charge in [-0.3, -0.25) is 0 Å². The van der Waals surface area contributed by atoms with E-state index in [4.69, 9.17) is 4.74 Å². The van der Waals surface area contributed by atoms with E-state index in [1.807, 2.05) is 23.0 Å². The highest BCUT2D eigenvalue weighted by Gasteiger charge is 2.17. The number of thiophene rings is 1. The first-order chi connectivity index (χ1) is 9.85. The Kier molecular flexibility index (Phi) is 4.02. The predicted molar refractivity (Wildman–Crippen MR) is 83.1 cm³/mol. The summed E-state index contributed by atoms with van der Waals surface area (Å²) >= 11 is 1.72. The second-order valence-corrected chi connectivity index (χ2v) is 5.76.